The maximum atomic E-state index is 11.2. The van der Waals surface area contributed by atoms with E-state index in [1.165, 1.54) is 12.2 Å². The summed E-state index contributed by atoms with van der Waals surface area (Å²) in [7, 11) is 0.461. The van der Waals surface area contributed by atoms with E-state index in [0.29, 0.717) is 6.42 Å². The van der Waals surface area contributed by atoms with Gasteiger partial charge in [-0.15, -0.1) is 0 Å². The van der Waals surface area contributed by atoms with Crippen LogP contribution in [0.3, 0.4) is 0 Å². The number of nitrogens with one attached hydrogen (secondary N) is 1. The van der Waals surface area contributed by atoms with Crippen LogP contribution in [0.4, 0.5) is 0 Å². The second-order valence-corrected chi connectivity index (χ2v) is 8.41. The molecule has 0 aromatic rings. The number of carbonyl (C=O) groups excluding carboxylic acids is 1. The average Bonchev–Trinajstić information content (AvgIpc) is 2.62. The van der Waals surface area contributed by atoms with E-state index in [0.717, 1.165) is 30.8 Å². The fourth-order valence-corrected chi connectivity index (χ4v) is 5.02. The van der Waals surface area contributed by atoms with Crippen LogP contribution < -0.4 is 4.72 Å². The number of hydrogen-bond donors (Lipinski definition) is 1. The predicted octanol–water partition coefficient (Wildman–Crippen LogP) is 1.13. The molecular weight excluding hydrogens is 289 g/mol. The molecule has 1 aliphatic heterocycles. The monoisotopic (exact) mass is 307 g/mol. The Balaban J connectivity index is 0.00000256. The first-order valence-electron chi connectivity index (χ1n) is 5.26. The molecule has 4 nitrogen and oxygen atoms in total. The normalized spacial score (nSPS) is 19.7. The first-order valence-corrected chi connectivity index (χ1v) is 9.53. The molecule has 1 atom stereocenters. The van der Waals surface area contributed by atoms with Crippen LogP contribution in [0.15, 0.2) is 0 Å². The van der Waals surface area contributed by atoms with Crippen molar-refractivity contribution in [1.82, 2.24) is 4.72 Å². The topological polar surface area (TPSA) is 63.2 Å². The van der Waals surface area contributed by atoms with Gasteiger partial charge >= 0.3 is 29.6 Å². The Morgan fingerprint density at radius 2 is 2.12 bits per heavy atom. The van der Waals surface area contributed by atoms with Crippen molar-refractivity contribution in [1.29, 1.82) is 0 Å². The number of carbonyl (C=O) groups is 1. The summed E-state index contributed by atoms with van der Waals surface area (Å²) in [6.45, 7) is 0. The molecule has 0 saturated carbocycles. The molecule has 0 bridgehead atoms. The van der Waals surface area contributed by atoms with Crippen LogP contribution >= 0.6 is 21.6 Å². The summed E-state index contributed by atoms with van der Waals surface area (Å²) in [5.74, 6) is 0.833. The van der Waals surface area contributed by atoms with Crippen LogP contribution in [0, 0.1) is 0 Å². The molecule has 1 unspecified atom stereocenters. The van der Waals surface area contributed by atoms with E-state index in [4.69, 9.17) is 0 Å². The Kier molecular flexibility index (Phi) is 9.69. The molecule has 0 radical (unpaired) electrons. The Hall–Kier alpha value is 1.12. The van der Waals surface area contributed by atoms with E-state index in [-0.39, 0.29) is 29.6 Å². The maximum absolute atomic E-state index is 11.2. The molecule has 1 saturated heterocycles. The molecule has 1 N–H and O–H groups in total. The fourth-order valence-electron chi connectivity index (χ4n) is 1.48. The van der Waals surface area contributed by atoms with Crippen molar-refractivity contribution in [3.63, 3.8) is 0 Å². The van der Waals surface area contributed by atoms with Crippen LogP contribution in [0.5, 0.6) is 0 Å². The number of hydrogen-bond acceptors (Lipinski definition) is 5. The summed E-state index contributed by atoms with van der Waals surface area (Å²) >= 11 is 0. The second-order valence-electron chi connectivity index (χ2n) is 3.87. The third kappa shape index (κ3) is 9.67. The van der Waals surface area contributed by atoms with Gasteiger partial charge in [0.25, 0.3) is 0 Å². The summed E-state index contributed by atoms with van der Waals surface area (Å²) < 4.78 is 23.5. The van der Waals surface area contributed by atoms with Gasteiger partial charge in [0.05, 0.1) is 6.26 Å². The van der Waals surface area contributed by atoms with Crippen molar-refractivity contribution in [2.75, 3.05) is 12.0 Å². The van der Waals surface area contributed by atoms with Crippen LogP contribution in [0.1, 0.15) is 32.1 Å². The first-order chi connectivity index (χ1) is 7.47. The van der Waals surface area contributed by atoms with Crippen LogP contribution in [0.25, 0.3) is 0 Å². The third-order valence-corrected chi connectivity index (χ3v) is 5.81. The molecule has 1 aliphatic rings. The van der Waals surface area contributed by atoms with Crippen molar-refractivity contribution < 1.29 is 13.2 Å². The van der Waals surface area contributed by atoms with Crippen molar-refractivity contribution in [3.8, 4) is 0 Å². The molecule has 0 aromatic carbocycles. The van der Waals surface area contributed by atoms with Gasteiger partial charge in [-0.3, -0.25) is 9.52 Å². The molecule has 1 fully saturated rings. The molecule has 0 aromatic heterocycles. The number of rotatable bonds is 6. The second kappa shape index (κ2) is 9.09. The summed E-state index contributed by atoms with van der Waals surface area (Å²) in [5, 5.41) is 0.725. The van der Waals surface area contributed by atoms with Gasteiger partial charge in [0.15, 0.2) is 0 Å². The minimum absolute atomic E-state index is 0. The zero-order valence-electron chi connectivity index (χ0n) is 9.27. The number of unbranched alkanes of at least 4 members (excludes halogenated alkanes) is 1. The van der Waals surface area contributed by atoms with Crippen LogP contribution in [0.2, 0.25) is 0 Å². The first kappa shape index (κ1) is 18.1. The average molecular weight is 307 g/mol. The molecule has 1 rings (SSSR count). The van der Waals surface area contributed by atoms with Crippen molar-refractivity contribution in [3.05, 3.63) is 0 Å². The Morgan fingerprint density at radius 1 is 1.41 bits per heavy atom. The summed E-state index contributed by atoms with van der Waals surface area (Å²) in [6, 6.07) is 0. The Morgan fingerprint density at radius 3 is 2.65 bits per heavy atom. The van der Waals surface area contributed by atoms with E-state index in [2.05, 4.69) is 0 Å². The fraction of sp³-hybridized carbons (Fsp3) is 0.889. The van der Waals surface area contributed by atoms with Gasteiger partial charge in [-0.25, -0.2) is 8.42 Å². The van der Waals surface area contributed by atoms with Crippen molar-refractivity contribution in [2.45, 2.75) is 37.4 Å². The van der Waals surface area contributed by atoms with Gasteiger partial charge in [-0.1, -0.05) is 28.0 Å². The summed E-state index contributed by atoms with van der Waals surface area (Å²) in [6.07, 6.45) is 5.45. The van der Waals surface area contributed by atoms with Gasteiger partial charge in [-0.2, -0.15) is 0 Å². The van der Waals surface area contributed by atoms with Crippen LogP contribution in [-0.2, 0) is 14.8 Å². The van der Waals surface area contributed by atoms with Crippen molar-refractivity contribution >= 4 is 67.1 Å². The molecular formula is C9H18NNaO3S3. The predicted molar refractivity (Wildman–Crippen MR) is 77.1 cm³/mol. The van der Waals surface area contributed by atoms with Gasteiger partial charge in [0.1, 0.15) is 0 Å². The van der Waals surface area contributed by atoms with E-state index in [1.54, 1.807) is 0 Å². The van der Waals surface area contributed by atoms with E-state index in [9.17, 15) is 13.2 Å². The summed E-state index contributed by atoms with van der Waals surface area (Å²) in [4.78, 5) is 11.2. The molecule has 8 heteroatoms. The zero-order valence-corrected chi connectivity index (χ0v) is 11.7. The van der Waals surface area contributed by atoms with Gasteiger partial charge in [0, 0.05) is 17.4 Å². The van der Waals surface area contributed by atoms with Gasteiger partial charge in [0.2, 0.25) is 15.9 Å². The van der Waals surface area contributed by atoms with E-state index < -0.39 is 15.9 Å². The Bertz CT molecular complexity index is 328. The minimum atomic E-state index is -3.38. The summed E-state index contributed by atoms with van der Waals surface area (Å²) in [5.41, 5.74) is 0. The number of sulfonamides is 1. The Labute approximate surface area is 133 Å². The number of amides is 1. The third-order valence-electron chi connectivity index (χ3n) is 2.21. The van der Waals surface area contributed by atoms with E-state index in [1.807, 2.05) is 26.3 Å². The quantitative estimate of drug-likeness (QED) is 0.453. The SMILES string of the molecule is CS(=O)(=O)NC(=O)CCCCC1CCSS1.[NaH]. The molecule has 0 aliphatic carbocycles. The molecule has 1 heterocycles. The molecule has 96 valence electrons. The van der Waals surface area contributed by atoms with E-state index >= 15 is 0 Å². The molecule has 17 heavy (non-hydrogen) atoms. The zero-order chi connectivity index (χ0) is 12.0. The molecule has 1 amide bonds. The molecule has 0 spiro atoms. The van der Waals surface area contributed by atoms with Gasteiger partial charge < -0.3 is 0 Å². The van der Waals surface area contributed by atoms with Crippen molar-refractivity contribution in [2.24, 2.45) is 0 Å². The standard InChI is InChI=1S/C9H17NO3S3.Na.H/c1-16(12,13)10-9(11)5-3-2-4-8-6-7-14-15-8;;/h8H,2-7H2,1H3,(H,10,11);;. The van der Waals surface area contributed by atoms with Gasteiger partial charge in [-0.05, 0) is 19.3 Å². The van der Waals surface area contributed by atoms with Crippen LogP contribution in [-0.4, -0.2) is 61.1 Å².